The maximum absolute atomic E-state index is 1.58. The molecule has 0 saturated carbocycles. The summed E-state index contributed by atoms with van der Waals surface area (Å²) in [6.45, 7) is 0. The van der Waals surface area contributed by atoms with E-state index in [9.17, 15) is 0 Å². The minimum absolute atomic E-state index is 1.17. The van der Waals surface area contributed by atoms with Crippen molar-refractivity contribution in [2.75, 3.05) is 0 Å². The first-order valence-electron chi connectivity index (χ1n) is 3.45. The van der Waals surface area contributed by atoms with Crippen molar-refractivity contribution in [2.24, 2.45) is 0 Å². The highest BCUT2D eigenvalue weighted by molar-refractivity contribution is 6.41. The molecular weight excluding hydrogens is 82.9 g/mol. The molecule has 7 heavy (non-hydrogen) atoms. The Hall–Kier alpha value is 0.0649. The fourth-order valence-corrected chi connectivity index (χ4v) is 2.17. The highest BCUT2D eigenvalue weighted by atomic mass is 14.2. The molecule has 2 rings (SSSR count). The van der Waals surface area contributed by atoms with E-state index >= 15 is 0 Å². The van der Waals surface area contributed by atoms with Crippen LogP contribution in [0, 0.1) is 0 Å². The van der Waals surface area contributed by atoms with E-state index in [-0.39, 0.29) is 0 Å². The van der Waals surface area contributed by atoms with Crippen LogP contribution in [-0.4, -0.2) is 7.28 Å². The molecule has 0 amide bonds. The average molecular weight is 94.0 g/mol. The predicted octanol–water partition coefficient (Wildman–Crippen LogP) is 1.59. The molecule has 0 aromatic rings. The first-order chi connectivity index (χ1) is 3.45. The van der Waals surface area contributed by atoms with Gasteiger partial charge in [0, 0.05) is 0 Å². The van der Waals surface area contributed by atoms with Crippen LogP contribution in [0.3, 0.4) is 0 Å². The van der Waals surface area contributed by atoms with E-state index in [4.69, 9.17) is 0 Å². The molecule has 2 aliphatic rings. The maximum Gasteiger partial charge on any atom is 0.127 e. The second-order valence-corrected chi connectivity index (χ2v) is 3.12. The van der Waals surface area contributed by atoms with Crippen molar-refractivity contribution in [3.63, 3.8) is 0 Å². The third kappa shape index (κ3) is 0.507. The summed E-state index contributed by atoms with van der Waals surface area (Å²) in [6.07, 6.45) is 6.24. The van der Waals surface area contributed by atoms with Crippen molar-refractivity contribution in [2.45, 2.75) is 37.3 Å². The van der Waals surface area contributed by atoms with E-state index in [1.807, 2.05) is 0 Å². The molecule has 0 spiro atoms. The van der Waals surface area contributed by atoms with E-state index in [0.29, 0.717) is 0 Å². The molecule has 0 atom stereocenters. The third-order valence-corrected chi connectivity index (χ3v) is 2.63. The molecule has 2 heterocycles. The molecule has 2 fully saturated rings. The smallest absolute Gasteiger partial charge is 0.0655 e. The Morgan fingerprint density at radius 1 is 0.857 bits per heavy atom. The van der Waals surface area contributed by atoms with Gasteiger partial charge >= 0.3 is 0 Å². The van der Waals surface area contributed by atoms with Crippen molar-refractivity contribution in [3.05, 3.63) is 0 Å². The Morgan fingerprint density at radius 3 is 1.43 bits per heavy atom. The molecule has 0 radical (unpaired) electrons. The molecule has 2 bridgehead atoms. The van der Waals surface area contributed by atoms with Crippen LogP contribution >= 0.6 is 0 Å². The molecule has 2 aliphatic heterocycles. The Bertz CT molecular complexity index is 62.2. The van der Waals surface area contributed by atoms with Crippen LogP contribution in [0.1, 0.15) is 25.7 Å². The molecule has 0 unspecified atom stereocenters. The Labute approximate surface area is 45.5 Å². The number of rotatable bonds is 0. The average Bonchev–Trinajstić information content (AvgIpc) is 2.22. The summed E-state index contributed by atoms with van der Waals surface area (Å²) >= 11 is 0. The summed E-state index contributed by atoms with van der Waals surface area (Å²) in [6, 6.07) is 0. The van der Waals surface area contributed by atoms with Gasteiger partial charge in [-0.05, 0) is 0 Å². The first kappa shape index (κ1) is 4.00. The monoisotopic (exact) mass is 94.1 g/mol. The van der Waals surface area contributed by atoms with Crippen LogP contribution < -0.4 is 0 Å². The quantitative estimate of drug-likeness (QED) is 0.400. The lowest BCUT2D eigenvalue weighted by molar-refractivity contribution is 0.565. The van der Waals surface area contributed by atoms with E-state index < -0.39 is 0 Å². The summed E-state index contributed by atoms with van der Waals surface area (Å²) in [5.74, 6) is 2.34. The molecule has 1 heteroatoms. The normalized spacial score (nSPS) is 46.9. The molecule has 0 N–H and O–H groups in total. The highest BCUT2D eigenvalue weighted by Crippen LogP contribution is 2.45. The van der Waals surface area contributed by atoms with E-state index in [0.717, 1.165) is 0 Å². The van der Waals surface area contributed by atoms with Crippen LogP contribution in [-0.2, 0) is 0 Å². The van der Waals surface area contributed by atoms with Crippen molar-refractivity contribution >= 4 is 7.28 Å². The van der Waals surface area contributed by atoms with E-state index in [1.54, 1.807) is 33.0 Å². The van der Waals surface area contributed by atoms with Crippen LogP contribution in [0.5, 0.6) is 0 Å². The zero-order valence-corrected chi connectivity index (χ0v) is 4.69. The summed E-state index contributed by atoms with van der Waals surface area (Å²) in [4.78, 5) is 0. The van der Waals surface area contributed by atoms with Gasteiger partial charge in [0.05, 0.1) is 0 Å². The van der Waals surface area contributed by atoms with Crippen molar-refractivity contribution < 1.29 is 0 Å². The fourth-order valence-electron chi connectivity index (χ4n) is 2.17. The fraction of sp³-hybridized carbons (Fsp3) is 1.00. The van der Waals surface area contributed by atoms with Crippen LogP contribution in [0.15, 0.2) is 0 Å². The zero-order chi connectivity index (χ0) is 4.69. The van der Waals surface area contributed by atoms with Crippen LogP contribution in [0.25, 0.3) is 0 Å². The van der Waals surface area contributed by atoms with E-state index in [2.05, 4.69) is 0 Å². The number of fused-ring (bicyclic) bond motifs is 2. The first-order valence-corrected chi connectivity index (χ1v) is 3.45. The largest absolute Gasteiger partial charge is 0.127 e. The summed E-state index contributed by atoms with van der Waals surface area (Å²) in [5.41, 5.74) is 0. The Kier molecular flexibility index (Phi) is 0.725. The van der Waals surface area contributed by atoms with Gasteiger partial charge in [0.15, 0.2) is 0 Å². The lowest BCUT2D eigenvalue weighted by atomic mass is 9.67. The minimum Gasteiger partial charge on any atom is -0.0655 e. The molecule has 38 valence electrons. The van der Waals surface area contributed by atoms with Crippen molar-refractivity contribution in [1.29, 1.82) is 0 Å². The van der Waals surface area contributed by atoms with Gasteiger partial charge in [0.25, 0.3) is 0 Å². The molecule has 0 nitrogen and oxygen atoms in total. The standard InChI is InChI=1S/C6H11B/c1-2-6-4-3-5(1)7-6/h5-7H,1-4H2. The van der Waals surface area contributed by atoms with Gasteiger partial charge in [-0.1, -0.05) is 37.3 Å². The second-order valence-electron chi connectivity index (χ2n) is 3.12. The Morgan fingerprint density at radius 2 is 1.29 bits per heavy atom. The van der Waals surface area contributed by atoms with Gasteiger partial charge in [-0.2, -0.15) is 0 Å². The number of hydrogen-bond donors (Lipinski definition) is 0. The van der Waals surface area contributed by atoms with E-state index in [1.165, 1.54) is 11.6 Å². The number of hydrogen-bond acceptors (Lipinski definition) is 0. The molecule has 0 aliphatic carbocycles. The second kappa shape index (κ2) is 1.27. The topological polar surface area (TPSA) is 0 Å². The van der Waals surface area contributed by atoms with Gasteiger partial charge in [-0.3, -0.25) is 0 Å². The minimum atomic E-state index is 1.17. The van der Waals surface area contributed by atoms with Crippen LogP contribution in [0.4, 0.5) is 0 Å². The van der Waals surface area contributed by atoms with Gasteiger partial charge in [0.1, 0.15) is 7.28 Å². The van der Waals surface area contributed by atoms with Crippen LogP contribution in [0.2, 0.25) is 11.6 Å². The third-order valence-electron chi connectivity index (χ3n) is 2.63. The summed E-state index contributed by atoms with van der Waals surface area (Å²) in [5, 5.41) is 0. The molecule has 0 aromatic heterocycles. The summed E-state index contributed by atoms with van der Waals surface area (Å²) in [7, 11) is 1.58. The van der Waals surface area contributed by atoms with Gasteiger partial charge in [0.2, 0.25) is 0 Å². The van der Waals surface area contributed by atoms with Crippen molar-refractivity contribution in [3.8, 4) is 0 Å². The SMILES string of the molecule is B1C2CCC1CC2. The lowest BCUT2D eigenvalue weighted by Crippen LogP contribution is -1.83. The molecular formula is C6H11B. The zero-order valence-electron chi connectivity index (χ0n) is 4.69. The maximum atomic E-state index is 1.58. The predicted molar refractivity (Wildman–Crippen MR) is 33.1 cm³/mol. The van der Waals surface area contributed by atoms with Crippen molar-refractivity contribution in [1.82, 2.24) is 0 Å². The van der Waals surface area contributed by atoms with Gasteiger partial charge in [-0.15, -0.1) is 0 Å². The van der Waals surface area contributed by atoms with Gasteiger partial charge in [-0.25, -0.2) is 0 Å². The molecule has 0 aromatic carbocycles. The summed E-state index contributed by atoms with van der Waals surface area (Å²) < 4.78 is 0. The highest BCUT2D eigenvalue weighted by Gasteiger charge is 2.31. The molecule has 2 saturated heterocycles. The Balaban J connectivity index is 2.12. The van der Waals surface area contributed by atoms with Gasteiger partial charge < -0.3 is 0 Å². The lowest BCUT2D eigenvalue weighted by Gasteiger charge is -2.06.